The molecule has 0 aromatic heterocycles. The minimum Gasteiger partial charge on any atom is -0.354 e. The molecule has 0 aliphatic heterocycles. The number of carbonyl (C=O) groups excluding carboxylic acids is 2. The van der Waals surface area contributed by atoms with E-state index in [2.05, 4.69) is 21.2 Å². The number of halogens is 5. The first-order chi connectivity index (χ1) is 16.6. The van der Waals surface area contributed by atoms with Crippen LogP contribution in [-0.2, 0) is 32.3 Å². The molecule has 0 bridgehead atoms. The van der Waals surface area contributed by atoms with Gasteiger partial charge in [-0.15, -0.1) is 0 Å². The molecular weight excluding hydrogens is 587 g/mol. The van der Waals surface area contributed by atoms with E-state index < -0.39 is 51.2 Å². The summed E-state index contributed by atoms with van der Waals surface area (Å²) in [4.78, 5) is 27.3. The number of sulfonamides is 1. The molecule has 1 atom stereocenters. The molecule has 0 aliphatic carbocycles. The summed E-state index contributed by atoms with van der Waals surface area (Å²) in [5.41, 5.74) is -0.959. The van der Waals surface area contributed by atoms with Gasteiger partial charge in [0.05, 0.1) is 22.5 Å². The highest BCUT2D eigenvalue weighted by Crippen LogP contribution is 2.37. The molecule has 2 amide bonds. The van der Waals surface area contributed by atoms with Crippen molar-refractivity contribution in [3.05, 3.63) is 63.1 Å². The van der Waals surface area contributed by atoms with Crippen molar-refractivity contribution < 1.29 is 31.2 Å². The fourth-order valence-electron chi connectivity index (χ4n) is 3.31. The second-order valence-electron chi connectivity index (χ2n) is 8.05. The van der Waals surface area contributed by atoms with E-state index in [4.69, 9.17) is 11.6 Å². The monoisotopic (exact) mass is 611 g/mol. The highest BCUT2D eigenvalue weighted by molar-refractivity contribution is 9.10. The zero-order valence-corrected chi connectivity index (χ0v) is 22.9. The van der Waals surface area contributed by atoms with Crippen LogP contribution < -0.4 is 9.62 Å². The Morgan fingerprint density at radius 1 is 1.17 bits per heavy atom. The standard InChI is InChI=1S/C23H26BrClF3N3O4S/c1-4-10-29-22(33)15(2)30(13-16-6-5-7-17(24)11-16)21(32)14-31(36(3,34)35)18-8-9-20(25)19(12-18)23(26,27)28/h5-9,11-12,15H,4,10,13-14H2,1-3H3,(H,29,33)/t15-/m0/s1. The number of benzene rings is 2. The number of rotatable bonds is 10. The van der Waals surface area contributed by atoms with Gasteiger partial charge in [0.15, 0.2) is 0 Å². The Labute approximate surface area is 221 Å². The smallest absolute Gasteiger partial charge is 0.354 e. The predicted molar refractivity (Wildman–Crippen MR) is 136 cm³/mol. The topological polar surface area (TPSA) is 86.8 Å². The number of alkyl halides is 3. The van der Waals surface area contributed by atoms with Gasteiger partial charge in [0, 0.05) is 17.6 Å². The molecule has 0 spiro atoms. The molecule has 0 aliphatic rings. The Hall–Kier alpha value is -2.31. The van der Waals surface area contributed by atoms with Crippen LogP contribution in [-0.4, -0.2) is 50.5 Å². The van der Waals surface area contributed by atoms with Crippen molar-refractivity contribution in [2.45, 2.75) is 39.0 Å². The minimum absolute atomic E-state index is 0.0367. The van der Waals surface area contributed by atoms with E-state index in [1.807, 2.05) is 6.92 Å². The summed E-state index contributed by atoms with van der Waals surface area (Å²) in [6.07, 6.45) is -3.39. The maximum atomic E-state index is 13.4. The SMILES string of the molecule is CCCNC(=O)[C@H](C)N(Cc1cccc(Br)c1)C(=O)CN(c1ccc(Cl)c(C(F)(F)F)c1)S(C)(=O)=O. The average Bonchev–Trinajstić information content (AvgIpc) is 2.78. The number of nitrogens with zero attached hydrogens (tertiary/aromatic N) is 2. The third-order valence-electron chi connectivity index (χ3n) is 5.18. The molecule has 0 radical (unpaired) electrons. The van der Waals surface area contributed by atoms with Gasteiger partial charge in [-0.25, -0.2) is 8.42 Å². The Morgan fingerprint density at radius 2 is 1.83 bits per heavy atom. The van der Waals surface area contributed by atoms with E-state index in [1.165, 1.54) is 11.8 Å². The van der Waals surface area contributed by atoms with Crippen molar-refractivity contribution in [3.8, 4) is 0 Å². The second kappa shape index (κ2) is 12.3. The van der Waals surface area contributed by atoms with Crippen LogP contribution in [0.15, 0.2) is 46.9 Å². The van der Waals surface area contributed by atoms with Crippen LogP contribution in [0, 0.1) is 0 Å². The Morgan fingerprint density at radius 3 is 2.39 bits per heavy atom. The second-order valence-corrected chi connectivity index (χ2v) is 11.3. The maximum absolute atomic E-state index is 13.4. The third-order valence-corrected chi connectivity index (χ3v) is 7.14. The van der Waals surface area contributed by atoms with Gasteiger partial charge in [-0.3, -0.25) is 13.9 Å². The molecule has 0 saturated heterocycles. The lowest BCUT2D eigenvalue weighted by Gasteiger charge is -2.31. The minimum atomic E-state index is -4.83. The third kappa shape index (κ3) is 8.10. The van der Waals surface area contributed by atoms with E-state index in [-0.39, 0.29) is 12.2 Å². The molecule has 2 rings (SSSR count). The molecule has 0 saturated carbocycles. The summed E-state index contributed by atoms with van der Waals surface area (Å²) in [5, 5.41) is 2.09. The van der Waals surface area contributed by atoms with Crippen molar-refractivity contribution in [2.75, 3.05) is 23.7 Å². The lowest BCUT2D eigenvalue weighted by molar-refractivity contribution is -0.139. The van der Waals surface area contributed by atoms with E-state index in [0.29, 0.717) is 28.9 Å². The average molecular weight is 613 g/mol. The van der Waals surface area contributed by atoms with Crippen LogP contribution in [0.3, 0.4) is 0 Å². The van der Waals surface area contributed by atoms with Crippen LogP contribution in [0.5, 0.6) is 0 Å². The van der Waals surface area contributed by atoms with Crippen LogP contribution in [0.4, 0.5) is 18.9 Å². The number of amides is 2. The summed E-state index contributed by atoms with van der Waals surface area (Å²) in [6, 6.07) is 8.57. The molecule has 198 valence electrons. The van der Waals surface area contributed by atoms with Gasteiger partial charge in [0.2, 0.25) is 21.8 Å². The first-order valence-electron chi connectivity index (χ1n) is 10.8. The van der Waals surface area contributed by atoms with Crippen LogP contribution in [0.1, 0.15) is 31.4 Å². The Balaban J connectivity index is 2.46. The normalized spacial score (nSPS) is 12.7. The lowest BCUT2D eigenvalue weighted by atomic mass is 10.1. The highest BCUT2D eigenvalue weighted by atomic mass is 79.9. The molecule has 2 aromatic carbocycles. The molecule has 0 unspecified atom stereocenters. The van der Waals surface area contributed by atoms with E-state index >= 15 is 0 Å². The van der Waals surface area contributed by atoms with Crippen LogP contribution in [0.25, 0.3) is 0 Å². The van der Waals surface area contributed by atoms with Gasteiger partial charge in [-0.05, 0) is 49.2 Å². The molecule has 7 nitrogen and oxygen atoms in total. The summed E-state index contributed by atoms with van der Waals surface area (Å²) in [5.74, 6) is -1.22. The molecule has 1 N–H and O–H groups in total. The van der Waals surface area contributed by atoms with Gasteiger partial charge in [0.25, 0.3) is 0 Å². The van der Waals surface area contributed by atoms with Gasteiger partial charge in [0.1, 0.15) is 12.6 Å². The molecule has 2 aromatic rings. The Bertz CT molecular complexity index is 1210. The number of carbonyl (C=O) groups is 2. The Kier molecular flexibility index (Phi) is 10.2. The lowest BCUT2D eigenvalue weighted by Crippen LogP contribution is -2.51. The van der Waals surface area contributed by atoms with Crippen LogP contribution in [0.2, 0.25) is 5.02 Å². The quantitative estimate of drug-likeness (QED) is 0.417. The molecule has 36 heavy (non-hydrogen) atoms. The van der Waals surface area contributed by atoms with Gasteiger partial charge in [-0.1, -0.05) is 46.6 Å². The molecule has 13 heteroatoms. The number of hydrogen-bond donors (Lipinski definition) is 1. The summed E-state index contributed by atoms with van der Waals surface area (Å²) < 4.78 is 66.5. The van der Waals surface area contributed by atoms with Gasteiger partial charge >= 0.3 is 6.18 Å². The summed E-state index contributed by atoms with van der Waals surface area (Å²) >= 11 is 9.01. The highest BCUT2D eigenvalue weighted by Gasteiger charge is 2.35. The number of hydrogen-bond acceptors (Lipinski definition) is 4. The van der Waals surface area contributed by atoms with E-state index in [1.54, 1.807) is 24.3 Å². The molecular formula is C23H26BrClF3N3O4S. The van der Waals surface area contributed by atoms with Gasteiger partial charge < -0.3 is 10.2 Å². The van der Waals surface area contributed by atoms with Crippen molar-refractivity contribution in [1.29, 1.82) is 0 Å². The summed E-state index contributed by atoms with van der Waals surface area (Å²) in [7, 11) is -4.19. The fraction of sp³-hybridized carbons (Fsp3) is 0.391. The molecule has 0 heterocycles. The molecule has 0 fully saturated rings. The van der Waals surface area contributed by atoms with E-state index in [0.717, 1.165) is 22.9 Å². The van der Waals surface area contributed by atoms with Crippen molar-refractivity contribution in [3.63, 3.8) is 0 Å². The zero-order chi connectivity index (χ0) is 27.3. The van der Waals surface area contributed by atoms with Crippen molar-refractivity contribution in [2.24, 2.45) is 0 Å². The fourth-order valence-corrected chi connectivity index (χ4v) is 4.82. The van der Waals surface area contributed by atoms with Crippen molar-refractivity contribution in [1.82, 2.24) is 10.2 Å². The summed E-state index contributed by atoms with van der Waals surface area (Å²) in [6.45, 7) is 2.88. The number of anilines is 1. The largest absolute Gasteiger partial charge is 0.417 e. The van der Waals surface area contributed by atoms with Crippen molar-refractivity contribution >= 4 is 55.1 Å². The van der Waals surface area contributed by atoms with Crippen LogP contribution >= 0.6 is 27.5 Å². The maximum Gasteiger partial charge on any atom is 0.417 e. The zero-order valence-electron chi connectivity index (χ0n) is 19.8. The first kappa shape index (κ1) is 29.9. The van der Waals surface area contributed by atoms with Gasteiger partial charge in [-0.2, -0.15) is 13.2 Å². The van der Waals surface area contributed by atoms with E-state index in [9.17, 15) is 31.2 Å². The predicted octanol–water partition coefficient (Wildman–Crippen LogP) is 4.83. The number of nitrogens with one attached hydrogen (secondary N) is 1. The first-order valence-corrected chi connectivity index (χ1v) is 13.8.